The van der Waals surface area contributed by atoms with E-state index in [0.717, 1.165) is 37.3 Å². The van der Waals surface area contributed by atoms with Crippen LogP contribution in [-0.4, -0.2) is 53.2 Å². The maximum Gasteiger partial charge on any atom is 0.132 e. The zero-order valence-corrected chi connectivity index (χ0v) is 17.4. The van der Waals surface area contributed by atoms with Crippen LogP contribution in [0.3, 0.4) is 0 Å². The normalized spacial score (nSPS) is 18.0. The molecule has 30 heavy (non-hydrogen) atoms. The standard InChI is InChI=1S/C22H29N7O/c1-14(30)16-4-3-7-29(12-16)21-9-20(27-13-28-21)22(25)18-8-15(5-6-19(18)24)17(10-23)11-26-2/h5-6,8-11,13-14,16,23,25-26,30H,3-4,7,12,24H2,1-2H3/b17-11+,23-10?,25-22?. The van der Waals surface area contributed by atoms with E-state index >= 15 is 0 Å². The number of hydrogen-bond acceptors (Lipinski definition) is 8. The van der Waals surface area contributed by atoms with E-state index in [1.165, 1.54) is 12.5 Å². The summed E-state index contributed by atoms with van der Waals surface area (Å²) in [5, 5.41) is 29.2. The SMILES string of the molecule is CN/C=C(\C=N)c1ccc(N)c(C(=N)c2cc(N3CCCC(C(C)O)C3)ncn2)c1. The van der Waals surface area contributed by atoms with Gasteiger partial charge in [0, 0.05) is 61.4 Å². The average Bonchev–Trinajstić information content (AvgIpc) is 2.77. The number of allylic oxidation sites excluding steroid dienone is 1. The average molecular weight is 408 g/mol. The number of benzene rings is 1. The molecule has 1 aromatic heterocycles. The molecule has 2 unspecified atom stereocenters. The molecular formula is C22H29N7O. The minimum absolute atomic E-state index is 0.205. The largest absolute Gasteiger partial charge is 0.398 e. The Morgan fingerprint density at radius 2 is 2.17 bits per heavy atom. The van der Waals surface area contributed by atoms with Gasteiger partial charge >= 0.3 is 0 Å². The third-order valence-corrected chi connectivity index (χ3v) is 5.48. The highest BCUT2D eigenvalue weighted by Gasteiger charge is 2.25. The van der Waals surface area contributed by atoms with Gasteiger partial charge in [-0.05, 0) is 37.5 Å². The lowest BCUT2D eigenvalue weighted by Gasteiger charge is -2.35. The van der Waals surface area contributed by atoms with Gasteiger partial charge in [-0.25, -0.2) is 9.97 Å². The van der Waals surface area contributed by atoms with Crippen molar-refractivity contribution in [1.29, 1.82) is 10.8 Å². The van der Waals surface area contributed by atoms with E-state index in [-0.39, 0.29) is 17.7 Å². The number of aromatic nitrogens is 2. The fourth-order valence-corrected chi connectivity index (χ4v) is 3.72. The molecule has 2 aromatic rings. The third-order valence-electron chi connectivity index (χ3n) is 5.48. The number of nitrogens with zero attached hydrogens (tertiary/aromatic N) is 3. The first-order valence-corrected chi connectivity index (χ1v) is 10.1. The highest BCUT2D eigenvalue weighted by molar-refractivity contribution is 6.15. The van der Waals surface area contributed by atoms with Crippen molar-refractivity contribution in [2.45, 2.75) is 25.9 Å². The van der Waals surface area contributed by atoms with Gasteiger partial charge in [-0.1, -0.05) is 6.07 Å². The highest BCUT2D eigenvalue weighted by Crippen LogP contribution is 2.26. The second-order valence-electron chi connectivity index (χ2n) is 7.56. The Labute approximate surface area is 176 Å². The van der Waals surface area contributed by atoms with Crippen molar-refractivity contribution in [2.24, 2.45) is 5.92 Å². The predicted molar refractivity (Wildman–Crippen MR) is 121 cm³/mol. The molecule has 1 aromatic carbocycles. The summed E-state index contributed by atoms with van der Waals surface area (Å²) in [7, 11) is 1.77. The topological polar surface area (TPSA) is 135 Å². The third kappa shape index (κ3) is 4.65. The lowest BCUT2D eigenvalue weighted by atomic mass is 9.93. The molecule has 0 radical (unpaired) electrons. The molecule has 6 N–H and O–H groups in total. The van der Waals surface area contributed by atoms with Gasteiger partial charge in [0.1, 0.15) is 12.1 Å². The summed E-state index contributed by atoms with van der Waals surface area (Å²) < 4.78 is 0. The first-order chi connectivity index (χ1) is 14.4. The number of nitrogen functional groups attached to an aromatic ring is 1. The number of rotatable bonds is 7. The monoisotopic (exact) mass is 407 g/mol. The van der Waals surface area contributed by atoms with Gasteiger partial charge in [-0.15, -0.1) is 0 Å². The van der Waals surface area contributed by atoms with Crippen molar-refractivity contribution in [1.82, 2.24) is 15.3 Å². The van der Waals surface area contributed by atoms with Crippen LogP contribution in [-0.2, 0) is 0 Å². The zero-order valence-electron chi connectivity index (χ0n) is 17.4. The van der Waals surface area contributed by atoms with Crippen LogP contribution in [0.1, 0.15) is 36.6 Å². The summed E-state index contributed by atoms with van der Waals surface area (Å²) >= 11 is 0. The van der Waals surface area contributed by atoms with Gasteiger partial charge in [-0.3, -0.25) is 5.41 Å². The van der Waals surface area contributed by atoms with Gasteiger partial charge in [-0.2, -0.15) is 0 Å². The molecule has 0 amide bonds. The van der Waals surface area contributed by atoms with Crippen LogP contribution in [0.15, 0.2) is 36.8 Å². The smallest absolute Gasteiger partial charge is 0.132 e. The summed E-state index contributed by atoms with van der Waals surface area (Å²) in [6.45, 7) is 3.43. The Hall–Kier alpha value is -3.26. The molecule has 2 atom stereocenters. The maximum atomic E-state index is 9.96. The van der Waals surface area contributed by atoms with Crippen molar-refractivity contribution in [3.63, 3.8) is 0 Å². The Bertz CT molecular complexity index is 954. The Kier molecular flexibility index (Phi) is 6.79. The molecule has 1 aliphatic rings. The van der Waals surface area contributed by atoms with Gasteiger partial charge in [0.15, 0.2) is 0 Å². The number of nitrogens with one attached hydrogen (secondary N) is 3. The van der Waals surface area contributed by atoms with Crippen LogP contribution in [0.25, 0.3) is 5.57 Å². The van der Waals surface area contributed by atoms with E-state index in [1.807, 2.05) is 13.0 Å². The van der Waals surface area contributed by atoms with E-state index in [1.54, 1.807) is 31.4 Å². The second-order valence-corrected chi connectivity index (χ2v) is 7.56. The van der Waals surface area contributed by atoms with E-state index in [2.05, 4.69) is 20.2 Å². The van der Waals surface area contributed by atoms with Gasteiger partial charge in [0.2, 0.25) is 0 Å². The molecule has 8 heteroatoms. The van der Waals surface area contributed by atoms with Crippen LogP contribution in [0.4, 0.5) is 11.5 Å². The molecule has 0 aliphatic carbocycles. The number of piperidine rings is 1. The molecule has 0 bridgehead atoms. The molecule has 158 valence electrons. The Balaban J connectivity index is 1.90. The van der Waals surface area contributed by atoms with Gasteiger partial charge < -0.3 is 26.5 Å². The summed E-state index contributed by atoms with van der Waals surface area (Å²) in [5.41, 5.74) is 9.36. The number of anilines is 2. The number of nitrogens with two attached hydrogens (primary N) is 1. The van der Waals surface area contributed by atoms with E-state index in [0.29, 0.717) is 22.5 Å². The number of aliphatic hydroxyl groups is 1. The maximum absolute atomic E-state index is 9.96. The lowest BCUT2D eigenvalue weighted by molar-refractivity contribution is 0.115. The van der Waals surface area contributed by atoms with Crippen LogP contribution < -0.4 is 16.0 Å². The summed E-state index contributed by atoms with van der Waals surface area (Å²) in [6.07, 6.45) is 6.08. The Morgan fingerprint density at radius 1 is 1.37 bits per heavy atom. The molecule has 3 rings (SSSR count). The molecule has 0 spiro atoms. The van der Waals surface area contributed by atoms with Crippen molar-refractivity contribution in [2.75, 3.05) is 30.8 Å². The van der Waals surface area contributed by atoms with E-state index < -0.39 is 0 Å². The fraction of sp³-hybridized carbons (Fsp3) is 0.364. The van der Waals surface area contributed by atoms with Crippen LogP contribution in [0.5, 0.6) is 0 Å². The Morgan fingerprint density at radius 3 is 2.87 bits per heavy atom. The van der Waals surface area contributed by atoms with Crippen molar-refractivity contribution in [3.8, 4) is 0 Å². The van der Waals surface area contributed by atoms with Gasteiger partial charge in [0.25, 0.3) is 0 Å². The molecule has 1 fully saturated rings. The minimum atomic E-state index is -0.358. The van der Waals surface area contributed by atoms with Crippen LogP contribution in [0.2, 0.25) is 0 Å². The number of hydrogen-bond donors (Lipinski definition) is 5. The van der Waals surface area contributed by atoms with E-state index in [4.69, 9.17) is 16.6 Å². The second kappa shape index (κ2) is 9.49. The first-order valence-electron chi connectivity index (χ1n) is 10.1. The van der Waals surface area contributed by atoms with Crippen molar-refractivity contribution >= 4 is 29.0 Å². The summed E-state index contributed by atoms with van der Waals surface area (Å²) in [5.74, 6) is 0.961. The minimum Gasteiger partial charge on any atom is -0.398 e. The quantitative estimate of drug-likeness (QED) is 0.353. The van der Waals surface area contributed by atoms with Gasteiger partial charge in [0.05, 0.1) is 17.5 Å². The molecule has 1 saturated heterocycles. The lowest BCUT2D eigenvalue weighted by Crippen LogP contribution is -2.40. The van der Waals surface area contributed by atoms with Crippen LogP contribution in [0, 0.1) is 16.7 Å². The molecule has 8 nitrogen and oxygen atoms in total. The zero-order chi connectivity index (χ0) is 21.7. The summed E-state index contributed by atoms with van der Waals surface area (Å²) in [6, 6.07) is 7.18. The molecule has 2 heterocycles. The number of aliphatic hydroxyl groups excluding tert-OH is 1. The molecular weight excluding hydrogens is 378 g/mol. The first kappa shape index (κ1) is 21.4. The summed E-state index contributed by atoms with van der Waals surface area (Å²) in [4.78, 5) is 10.8. The molecule has 0 saturated carbocycles. The molecule has 1 aliphatic heterocycles. The van der Waals surface area contributed by atoms with Crippen molar-refractivity contribution in [3.05, 3.63) is 53.6 Å². The predicted octanol–water partition coefficient (Wildman–Crippen LogP) is 2.28. The highest BCUT2D eigenvalue weighted by atomic mass is 16.3. The van der Waals surface area contributed by atoms with Crippen LogP contribution >= 0.6 is 0 Å². The van der Waals surface area contributed by atoms with E-state index in [9.17, 15) is 5.11 Å². The van der Waals surface area contributed by atoms with Crippen molar-refractivity contribution < 1.29 is 5.11 Å². The fourth-order valence-electron chi connectivity index (χ4n) is 3.72.